The number of fused-ring (bicyclic) bond motifs is 1. The largest absolute Gasteiger partial charge is 0.396 e. The van der Waals surface area contributed by atoms with Crippen LogP contribution >= 0.6 is 15.9 Å². The van der Waals surface area contributed by atoms with Crippen LogP contribution in [-0.2, 0) is 11.8 Å². The lowest BCUT2D eigenvalue weighted by molar-refractivity contribution is 0.175. The maximum absolute atomic E-state index is 9.37. The van der Waals surface area contributed by atoms with Crippen molar-refractivity contribution in [3.63, 3.8) is 0 Å². The zero-order valence-electron chi connectivity index (χ0n) is 10.5. The van der Waals surface area contributed by atoms with Gasteiger partial charge >= 0.3 is 0 Å². The Kier molecular flexibility index (Phi) is 3.36. The first-order chi connectivity index (χ1) is 7.90. The molecule has 0 radical (unpaired) electrons. The van der Waals surface area contributed by atoms with Crippen molar-refractivity contribution in [3.05, 3.63) is 33.8 Å². The molecule has 0 saturated heterocycles. The molecule has 94 valence electrons. The first-order valence-electron chi connectivity index (χ1n) is 6.09. The summed E-state index contributed by atoms with van der Waals surface area (Å²) in [6.07, 6.45) is 2.82. The summed E-state index contributed by atoms with van der Waals surface area (Å²) in [5.41, 5.74) is 8.68. The van der Waals surface area contributed by atoms with E-state index in [0.29, 0.717) is 0 Å². The molecule has 17 heavy (non-hydrogen) atoms. The van der Waals surface area contributed by atoms with Crippen LogP contribution in [0.5, 0.6) is 0 Å². The third-order valence-electron chi connectivity index (χ3n) is 4.18. The molecule has 0 heterocycles. The second-order valence-electron chi connectivity index (χ2n) is 5.58. The molecule has 0 amide bonds. The highest BCUT2D eigenvalue weighted by molar-refractivity contribution is 9.10. The average molecular weight is 298 g/mol. The minimum absolute atomic E-state index is 0.0855. The van der Waals surface area contributed by atoms with E-state index < -0.39 is 0 Å². The summed E-state index contributed by atoms with van der Waals surface area (Å²) in [6.45, 7) is 4.33. The van der Waals surface area contributed by atoms with Crippen LogP contribution in [0.1, 0.15) is 37.8 Å². The Bertz CT molecular complexity index is 425. The van der Waals surface area contributed by atoms with Gasteiger partial charge in [-0.15, -0.1) is 0 Å². The van der Waals surface area contributed by atoms with E-state index in [4.69, 9.17) is 5.73 Å². The number of aliphatic hydroxyl groups excluding tert-OH is 1. The maximum Gasteiger partial charge on any atom is 0.0440 e. The van der Waals surface area contributed by atoms with E-state index >= 15 is 0 Å². The first-order valence-corrected chi connectivity index (χ1v) is 6.89. The van der Waals surface area contributed by atoms with Gasteiger partial charge in [0.15, 0.2) is 0 Å². The Morgan fingerprint density at radius 1 is 1.47 bits per heavy atom. The molecular formula is C14H20BrNO. The van der Waals surface area contributed by atoms with Crippen molar-refractivity contribution in [1.29, 1.82) is 0 Å². The molecule has 1 aliphatic carbocycles. The third-order valence-corrected chi connectivity index (χ3v) is 4.67. The molecule has 0 aliphatic heterocycles. The van der Waals surface area contributed by atoms with Gasteiger partial charge in [0, 0.05) is 22.0 Å². The third kappa shape index (κ3) is 2.05. The molecule has 0 fully saturated rings. The predicted molar refractivity (Wildman–Crippen MR) is 74.1 cm³/mol. The van der Waals surface area contributed by atoms with Gasteiger partial charge in [-0.1, -0.05) is 22.0 Å². The fourth-order valence-corrected chi connectivity index (χ4v) is 3.57. The van der Waals surface area contributed by atoms with Gasteiger partial charge in [0.25, 0.3) is 0 Å². The maximum atomic E-state index is 9.37. The van der Waals surface area contributed by atoms with Gasteiger partial charge in [-0.3, -0.25) is 0 Å². The minimum Gasteiger partial charge on any atom is -0.396 e. The lowest BCUT2D eigenvalue weighted by Gasteiger charge is -2.42. The number of hydrogen-bond donors (Lipinski definition) is 2. The molecule has 0 saturated carbocycles. The second-order valence-corrected chi connectivity index (χ2v) is 6.49. The van der Waals surface area contributed by atoms with Gasteiger partial charge in [0.2, 0.25) is 0 Å². The molecule has 1 aliphatic rings. The summed E-state index contributed by atoms with van der Waals surface area (Å²) >= 11 is 3.51. The van der Waals surface area contributed by atoms with Gasteiger partial charge in [0.1, 0.15) is 0 Å². The molecule has 1 aromatic rings. The van der Waals surface area contributed by atoms with Crippen molar-refractivity contribution in [3.8, 4) is 0 Å². The second kappa shape index (κ2) is 4.38. The number of hydrogen-bond acceptors (Lipinski definition) is 2. The Labute approximate surface area is 111 Å². The zero-order valence-corrected chi connectivity index (χ0v) is 12.0. The molecule has 2 rings (SSSR count). The predicted octanol–water partition coefficient (Wildman–Crippen LogP) is 2.75. The van der Waals surface area contributed by atoms with Gasteiger partial charge in [-0.25, -0.2) is 0 Å². The summed E-state index contributed by atoms with van der Waals surface area (Å²) < 4.78 is 1.12. The van der Waals surface area contributed by atoms with Crippen LogP contribution in [0.3, 0.4) is 0 Å². The highest BCUT2D eigenvalue weighted by Crippen LogP contribution is 2.48. The number of halogens is 1. The SMILES string of the molecule is CC(C)(N)C1(CCO)CCc2cc(Br)ccc21. The lowest BCUT2D eigenvalue weighted by atomic mass is 9.66. The fourth-order valence-electron chi connectivity index (χ4n) is 3.16. The Morgan fingerprint density at radius 3 is 2.76 bits per heavy atom. The number of aliphatic hydroxyl groups is 1. The Hall–Kier alpha value is -0.380. The Morgan fingerprint density at radius 2 is 2.18 bits per heavy atom. The quantitative estimate of drug-likeness (QED) is 0.901. The summed E-state index contributed by atoms with van der Waals surface area (Å²) in [5, 5.41) is 9.37. The van der Waals surface area contributed by atoms with E-state index in [1.165, 1.54) is 11.1 Å². The molecule has 0 bridgehead atoms. The van der Waals surface area contributed by atoms with Crippen molar-refractivity contribution >= 4 is 15.9 Å². The molecule has 2 nitrogen and oxygen atoms in total. The number of nitrogens with two attached hydrogens (primary N) is 1. The highest BCUT2D eigenvalue weighted by atomic mass is 79.9. The van der Waals surface area contributed by atoms with E-state index in [2.05, 4.69) is 48.0 Å². The molecule has 1 unspecified atom stereocenters. The van der Waals surface area contributed by atoms with Crippen molar-refractivity contribution < 1.29 is 5.11 Å². The first kappa shape index (κ1) is 13.1. The summed E-state index contributed by atoms with van der Waals surface area (Å²) in [5.74, 6) is 0. The minimum atomic E-state index is -0.311. The zero-order chi connectivity index (χ0) is 12.7. The van der Waals surface area contributed by atoms with Crippen LogP contribution in [-0.4, -0.2) is 17.3 Å². The average Bonchev–Trinajstić information content (AvgIpc) is 2.57. The van der Waals surface area contributed by atoms with Gasteiger partial charge < -0.3 is 10.8 Å². The summed E-state index contributed by atoms with van der Waals surface area (Å²) in [7, 11) is 0. The van der Waals surface area contributed by atoms with Crippen LogP contribution in [0, 0.1) is 0 Å². The van der Waals surface area contributed by atoms with Crippen molar-refractivity contribution in [2.45, 2.75) is 44.1 Å². The molecule has 0 spiro atoms. The van der Waals surface area contributed by atoms with Crippen LogP contribution in [0.15, 0.2) is 22.7 Å². The smallest absolute Gasteiger partial charge is 0.0440 e. The lowest BCUT2D eigenvalue weighted by Crippen LogP contribution is -2.53. The Balaban J connectivity index is 2.53. The van der Waals surface area contributed by atoms with Crippen LogP contribution in [0.4, 0.5) is 0 Å². The van der Waals surface area contributed by atoms with Crippen LogP contribution < -0.4 is 5.73 Å². The topological polar surface area (TPSA) is 46.2 Å². The van der Waals surface area contributed by atoms with Crippen molar-refractivity contribution in [2.24, 2.45) is 5.73 Å². The summed E-state index contributed by atoms with van der Waals surface area (Å²) in [4.78, 5) is 0. The monoisotopic (exact) mass is 297 g/mol. The van der Waals surface area contributed by atoms with Crippen LogP contribution in [0.25, 0.3) is 0 Å². The number of benzene rings is 1. The normalized spacial score (nSPS) is 23.8. The van der Waals surface area contributed by atoms with Crippen LogP contribution in [0.2, 0.25) is 0 Å². The van der Waals surface area contributed by atoms with E-state index in [9.17, 15) is 5.11 Å². The molecule has 3 heteroatoms. The summed E-state index contributed by atoms with van der Waals surface area (Å²) in [6, 6.07) is 6.42. The fraction of sp³-hybridized carbons (Fsp3) is 0.571. The van der Waals surface area contributed by atoms with Crippen molar-refractivity contribution in [1.82, 2.24) is 0 Å². The molecular weight excluding hydrogens is 278 g/mol. The molecule has 1 aromatic carbocycles. The van der Waals surface area contributed by atoms with E-state index in [1.807, 2.05) is 0 Å². The van der Waals surface area contributed by atoms with E-state index in [1.54, 1.807) is 0 Å². The number of rotatable bonds is 3. The van der Waals surface area contributed by atoms with E-state index in [-0.39, 0.29) is 17.6 Å². The van der Waals surface area contributed by atoms with Gasteiger partial charge in [0.05, 0.1) is 0 Å². The highest BCUT2D eigenvalue weighted by Gasteiger charge is 2.47. The van der Waals surface area contributed by atoms with E-state index in [0.717, 1.165) is 23.7 Å². The van der Waals surface area contributed by atoms with Gasteiger partial charge in [-0.05, 0) is 56.4 Å². The molecule has 0 aromatic heterocycles. The number of aryl methyl sites for hydroxylation is 1. The molecule has 3 N–H and O–H groups in total. The van der Waals surface area contributed by atoms with Crippen molar-refractivity contribution in [2.75, 3.05) is 6.61 Å². The standard InChI is InChI=1S/C14H20BrNO/c1-13(2,16)14(7-8-17)6-5-10-9-11(15)3-4-12(10)14/h3-4,9,17H,5-8,16H2,1-2H3. The van der Waals surface area contributed by atoms with Gasteiger partial charge in [-0.2, -0.15) is 0 Å². The molecule has 1 atom stereocenters.